The Kier molecular flexibility index (Phi) is 4.72. The normalized spacial score (nSPS) is 11.3. The lowest BCUT2D eigenvalue weighted by Gasteiger charge is -2.15. The molecule has 0 unspecified atom stereocenters. The average molecular weight is 427 g/mol. The van der Waals surface area contributed by atoms with Gasteiger partial charge in [-0.3, -0.25) is 0 Å². The van der Waals surface area contributed by atoms with Gasteiger partial charge in [0.2, 0.25) is 0 Å². The molecule has 1 heterocycles. The Balaban J connectivity index is 2.34. The number of nitrogens with one attached hydrogen (secondary N) is 1. The Hall–Kier alpha value is -1.35. The summed E-state index contributed by atoms with van der Waals surface area (Å²) in [4.78, 5) is 8.11. The molecule has 0 aliphatic rings. The largest absolute Gasteiger partial charge is 0.573 e. The number of hydrogen-bond donors (Lipinski definition) is 1. The molecule has 1 N–H and O–H groups in total. The molecule has 0 saturated heterocycles. The van der Waals surface area contributed by atoms with Crippen LogP contribution >= 0.6 is 31.9 Å². The lowest BCUT2D eigenvalue weighted by atomic mass is 10.3. The van der Waals surface area contributed by atoms with Crippen LogP contribution in [0.3, 0.4) is 0 Å². The number of hydrogen-bond acceptors (Lipinski definition) is 4. The third kappa shape index (κ3) is 4.85. The van der Waals surface area contributed by atoms with Crippen molar-refractivity contribution in [2.24, 2.45) is 0 Å². The van der Waals surface area contributed by atoms with Crippen molar-refractivity contribution in [3.8, 4) is 5.75 Å². The summed E-state index contributed by atoms with van der Waals surface area (Å²) >= 11 is 6.30. The standard InChI is InChI=1S/C12H8Br2F3N3O/c1-6-18-10(14)5-11(19-6)20-8-3-2-7(13)4-9(8)21-12(15,16)17/h2-5H,1H3,(H,18,19,20). The van der Waals surface area contributed by atoms with Crippen molar-refractivity contribution in [3.63, 3.8) is 0 Å². The number of rotatable bonds is 3. The predicted octanol–water partition coefficient (Wildman–Crippen LogP) is 4.95. The number of benzene rings is 1. The maximum Gasteiger partial charge on any atom is 0.573 e. The van der Waals surface area contributed by atoms with E-state index in [-0.39, 0.29) is 11.4 Å². The van der Waals surface area contributed by atoms with Crippen molar-refractivity contribution in [2.75, 3.05) is 5.32 Å². The minimum absolute atomic E-state index is 0.139. The van der Waals surface area contributed by atoms with Crippen molar-refractivity contribution in [2.45, 2.75) is 13.3 Å². The summed E-state index contributed by atoms with van der Waals surface area (Å²) in [6.07, 6.45) is -4.78. The molecule has 0 bridgehead atoms. The summed E-state index contributed by atoms with van der Waals surface area (Å²) in [6, 6.07) is 5.82. The van der Waals surface area contributed by atoms with Gasteiger partial charge >= 0.3 is 6.36 Å². The van der Waals surface area contributed by atoms with Crippen molar-refractivity contribution in [1.82, 2.24) is 9.97 Å². The van der Waals surface area contributed by atoms with Crippen molar-refractivity contribution < 1.29 is 17.9 Å². The summed E-state index contributed by atoms with van der Waals surface area (Å²) in [5.41, 5.74) is 0.139. The van der Waals surface area contributed by atoms with Crippen LogP contribution in [-0.2, 0) is 0 Å². The second-order valence-corrected chi connectivity index (χ2v) is 5.66. The van der Waals surface area contributed by atoms with E-state index in [9.17, 15) is 13.2 Å². The highest BCUT2D eigenvalue weighted by atomic mass is 79.9. The number of aromatic nitrogens is 2. The van der Waals surface area contributed by atoms with Crippen LogP contribution in [0.5, 0.6) is 5.75 Å². The van der Waals surface area contributed by atoms with Gasteiger partial charge in [0.15, 0.2) is 5.75 Å². The maximum atomic E-state index is 12.4. The molecule has 0 fully saturated rings. The van der Waals surface area contributed by atoms with Gasteiger partial charge < -0.3 is 10.1 Å². The molecule has 4 nitrogen and oxygen atoms in total. The van der Waals surface area contributed by atoms with E-state index < -0.39 is 6.36 Å². The summed E-state index contributed by atoms with van der Waals surface area (Å²) < 4.78 is 42.2. The SMILES string of the molecule is Cc1nc(Br)cc(Nc2ccc(Br)cc2OC(F)(F)F)n1. The van der Waals surface area contributed by atoms with Gasteiger partial charge in [0, 0.05) is 10.5 Å². The minimum Gasteiger partial charge on any atom is -0.404 e. The van der Waals surface area contributed by atoms with Crippen LogP contribution in [0.4, 0.5) is 24.7 Å². The highest BCUT2D eigenvalue weighted by molar-refractivity contribution is 9.10. The van der Waals surface area contributed by atoms with Crippen molar-refractivity contribution >= 4 is 43.4 Å². The van der Waals surface area contributed by atoms with E-state index in [1.165, 1.54) is 12.1 Å². The van der Waals surface area contributed by atoms with E-state index in [0.29, 0.717) is 20.7 Å². The fourth-order valence-electron chi connectivity index (χ4n) is 1.54. The first-order valence-electron chi connectivity index (χ1n) is 5.56. The molecular formula is C12H8Br2F3N3O. The first kappa shape index (κ1) is 16.0. The van der Waals surface area contributed by atoms with Crippen LogP contribution in [-0.4, -0.2) is 16.3 Å². The molecule has 2 rings (SSSR count). The van der Waals surface area contributed by atoms with Crippen LogP contribution in [0, 0.1) is 6.92 Å². The first-order valence-corrected chi connectivity index (χ1v) is 7.15. The zero-order chi connectivity index (χ0) is 15.6. The predicted molar refractivity (Wildman–Crippen MR) is 78.6 cm³/mol. The highest BCUT2D eigenvalue weighted by Crippen LogP contribution is 2.34. The molecule has 112 valence electrons. The zero-order valence-corrected chi connectivity index (χ0v) is 13.7. The van der Waals surface area contributed by atoms with Gasteiger partial charge in [-0.15, -0.1) is 13.2 Å². The topological polar surface area (TPSA) is 47.0 Å². The van der Waals surface area contributed by atoms with E-state index >= 15 is 0 Å². The molecule has 0 aliphatic heterocycles. The van der Waals surface area contributed by atoms with Crippen molar-refractivity contribution in [3.05, 3.63) is 39.2 Å². The molecule has 1 aromatic carbocycles. The summed E-state index contributed by atoms with van der Waals surface area (Å²) in [5, 5.41) is 2.78. The second-order valence-electron chi connectivity index (χ2n) is 3.94. The van der Waals surface area contributed by atoms with E-state index in [0.717, 1.165) is 0 Å². The molecule has 0 aliphatic carbocycles. The van der Waals surface area contributed by atoms with Crippen molar-refractivity contribution in [1.29, 1.82) is 0 Å². The maximum absolute atomic E-state index is 12.4. The summed E-state index contributed by atoms with van der Waals surface area (Å²) in [6.45, 7) is 1.67. The van der Waals surface area contributed by atoms with E-state index in [4.69, 9.17) is 0 Å². The van der Waals surface area contributed by atoms with Gasteiger partial charge in [0.1, 0.15) is 16.2 Å². The van der Waals surface area contributed by atoms with Gasteiger partial charge in [-0.05, 0) is 41.1 Å². The molecular weight excluding hydrogens is 419 g/mol. The summed E-state index contributed by atoms with van der Waals surface area (Å²) in [5.74, 6) is 0.468. The average Bonchev–Trinajstić information content (AvgIpc) is 2.29. The number of anilines is 2. The van der Waals surface area contributed by atoms with Gasteiger partial charge in [-0.2, -0.15) is 0 Å². The Morgan fingerprint density at radius 1 is 1.14 bits per heavy atom. The molecule has 0 spiro atoms. The Bertz CT molecular complexity index is 644. The molecule has 0 radical (unpaired) electrons. The van der Waals surface area contributed by atoms with Crippen LogP contribution in [0.1, 0.15) is 5.82 Å². The first-order chi connectivity index (χ1) is 9.73. The molecule has 0 amide bonds. The minimum atomic E-state index is -4.78. The zero-order valence-electron chi connectivity index (χ0n) is 10.5. The van der Waals surface area contributed by atoms with Gasteiger partial charge in [-0.1, -0.05) is 15.9 Å². The quantitative estimate of drug-likeness (QED) is 0.705. The molecule has 1 aromatic heterocycles. The number of alkyl halides is 3. The van der Waals surface area contributed by atoms with Gasteiger partial charge in [-0.25, -0.2) is 9.97 Å². The Labute approximate surface area is 135 Å². The molecule has 2 aromatic rings. The third-order valence-electron chi connectivity index (χ3n) is 2.24. The third-order valence-corrected chi connectivity index (χ3v) is 3.14. The Morgan fingerprint density at radius 3 is 2.48 bits per heavy atom. The molecule has 0 atom stereocenters. The van der Waals surface area contributed by atoms with Gasteiger partial charge in [0.05, 0.1) is 5.69 Å². The number of aryl methyl sites for hydroxylation is 1. The van der Waals surface area contributed by atoms with E-state index in [1.54, 1.807) is 19.1 Å². The fourth-order valence-corrected chi connectivity index (χ4v) is 2.36. The number of ether oxygens (including phenoxy) is 1. The second kappa shape index (κ2) is 6.18. The van der Waals surface area contributed by atoms with E-state index in [1.807, 2.05) is 0 Å². The fraction of sp³-hybridized carbons (Fsp3) is 0.167. The highest BCUT2D eigenvalue weighted by Gasteiger charge is 2.32. The van der Waals surface area contributed by atoms with E-state index in [2.05, 4.69) is 51.9 Å². The summed E-state index contributed by atoms with van der Waals surface area (Å²) in [7, 11) is 0. The number of nitrogens with zero attached hydrogens (tertiary/aromatic N) is 2. The molecule has 0 saturated carbocycles. The Morgan fingerprint density at radius 2 is 1.86 bits per heavy atom. The smallest absolute Gasteiger partial charge is 0.404 e. The lowest BCUT2D eigenvalue weighted by Crippen LogP contribution is -2.18. The van der Waals surface area contributed by atoms with Crippen LogP contribution < -0.4 is 10.1 Å². The molecule has 9 heteroatoms. The lowest BCUT2D eigenvalue weighted by molar-refractivity contribution is -0.274. The van der Waals surface area contributed by atoms with Crippen LogP contribution in [0.25, 0.3) is 0 Å². The van der Waals surface area contributed by atoms with Gasteiger partial charge in [0.25, 0.3) is 0 Å². The van der Waals surface area contributed by atoms with Crippen LogP contribution in [0.15, 0.2) is 33.3 Å². The van der Waals surface area contributed by atoms with Crippen LogP contribution in [0.2, 0.25) is 0 Å². The number of halogens is 5. The molecule has 21 heavy (non-hydrogen) atoms. The monoisotopic (exact) mass is 425 g/mol.